The fourth-order valence-electron chi connectivity index (χ4n) is 1.82. The molecule has 21 heavy (non-hydrogen) atoms. The number of nitrogens with zero attached hydrogens (tertiary/aromatic N) is 4. The van der Waals surface area contributed by atoms with Gasteiger partial charge in [0.15, 0.2) is 0 Å². The summed E-state index contributed by atoms with van der Waals surface area (Å²) in [6.07, 6.45) is 6.08. The third-order valence-electron chi connectivity index (χ3n) is 2.93. The summed E-state index contributed by atoms with van der Waals surface area (Å²) in [7, 11) is 1.57. The van der Waals surface area contributed by atoms with Crippen LogP contribution in [0.1, 0.15) is 6.42 Å². The highest BCUT2D eigenvalue weighted by molar-refractivity contribution is 6.32. The van der Waals surface area contributed by atoms with Gasteiger partial charge in [0.25, 0.3) is 5.56 Å². The lowest BCUT2D eigenvalue weighted by atomic mass is 10.4. The summed E-state index contributed by atoms with van der Waals surface area (Å²) < 4.78 is 8.06. The van der Waals surface area contributed by atoms with Gasteiger partial charge in [0, 0.05) is 32.6 Å². The molecule has 0 saturated heterocycles. The van der Waals surface area contributed by atoms with Gasteiger partial charge >= 0.3 is 0 Å². The molecular weight excluding hydrogens is 294 g/mol. The highest BCUT2D eigenvalue weighted by atomic mass is 35.5. The first-order valence-corrected chi connectivity index (χ1v) is 7.06. The van der Waals surface area contributed by atoms with E-state index in [9.17, 15) is 4.79 Å². The van der Waals surface area contributed by atoms with E-state index >= 15 is 0 Å². The smallest absolute Gasteiger partial charge is 0.287 e. The molecule has 0 amide bonds. The minimum Gasteiger partial charge on any atom is -0.383 e. The largest absolute Gasteiger partial charge is 0.383 e. The van der Waals surface area contributed by atoms with Gasteiger partial charge in [0.05, 0.1) is 25.0 Å². The molecule has 2 aromatic heterocycles. The summed E-state index contributed by atoms with van der Waals surface area (Å²) in [6.45, 7) is 2.28. The summed E-state index contributed by atoms with van der Waals surface area (Å²) in [5, 5.41) is 11.5. The van der Waals surface area contributed by atoms with Gasteiger partial charge in [0.2, 0.25) is 0 Å². The Kier molecular flexibility index (Phi) is 5.77. The maximum Gasteiger partial charge on any atom is 0.287 e. The van der Waals surface area contributed by atoms with Gasteiger partial charge in [-0.05, 0) is 12.5 Å². The van der Waals surface area contributed by atoms with Gasteiger partial charge in [-0.25, -0.2) is 4.68 Å². The van der Waals surface area contributed by atoms with Crippen LogP contribution in [0.15, 0.2) is 29.5 Å². The molecule has 1 N–H and O–H groups in total. The fraction of sp³-hybridized carbons (Fsp3) is 0.462. The number of hydrogen-bond acceptors (Lipinski definition) is 5. The molecule has 114 valence electrons. The fourth-order valence-corrected chi connectivity index (χ4v) is 2.04. The third kappa shape index (κ3) is 4.30. The monoisotopic (exact) mass is 311 g/mol. The van der Waals surface area contributed by atoms with E-state index in [0.29, 0.717) is 25.4 Å². The van der Waals surface area contributed by atoms with Crippen LogP contribution in [0.4, 0.5) is 5.69 Å². The number of rotatable bonds is 8. The van der Waals surface area contributed by atoms with Gasteiger partial charge in [0.1, 0.15) is 5.02 Å². The van der Waals surface area contributed by atoms with Gasteiger partial charge in [-0.3, -0.25) is 9.48 Å². The van der Waals surface area contributed by atoms with E-state index in [1.807, 2.05) is 16.9 Å². The first kappa shape index (κ1) is 15.5. The summed E-state index contributed by atoms with van der Waals surface area (Å²) in [5.41, 5.74) is 0.238. The van der Waals surface area contributed by atoms with Gasteiger partial charge in [-0.2, -0.15) is 10.2 Å². The molecule has 0 aliphatic rings. The molecule has 0 aliphatic carbocycles. The minimum atomic E-state index is -0.314. The predicted octanol–water partition coefficient (Wildman–Crippen LogP) is 1.24. The van der Waals surface area contributed by atoms with Crippen LogP contribution in [-0.2, 0) is 17.8 Å². The van der Waals surface area contributed by atoms with Crippen LogP contribution in [0.25, 0.3) is 0 Å². The van der Waals surface area contributed by atoms with E-state index in [1.54, 1.807) is 19.5 Å². The molecule has 0 bridgehead atoms. The van der Waals surface area contributed by atoms with E-state index in [4.69, 9.17) is 16.3 Å². The molecule has 0 aliphatic heterocycles. The van der Waals surface area contributed by atoms with Crippen molar-refractivity contribution in [3.05, 3.63) is 40.0 Å². The van der Waals surface area contributed by atoms with Gasteiger partial charge < -0.3 is 10.1 Å². The van der Waals surface area contributed by atoms with Crippen LogP contribution >= 0.6 is 11.6 Å². The molecule has 0 spiro atoms. The van der Waals surface area contributed by atoms with Crippen LogP contribution in [0, 0.1) is 0 Å². The molecule has 7 nitrogen and oxygen atoms in total. The Balaban J connectivity index is 1.88. The van der Waals surface area contributed by atoms with Crippen LogP contribution in [0.2, 0.25) is 5.02 Å². The molecule has 2 aromatic rings. The first-order chi connectivity index (χ1) is 10.2. The Labute approximate surface area is 127 Å². The number of methoxy groups -OCH3 is 1. The second-order valence-electron chi connectivity index (χ2n) is 4.44. The standard InChI is InChI=1S/C13H18ClN5O2/c1-21-9-8-19-13(20)12(14)11(10-17-19)15-4-2-6-18-7-3-5-16-18/h3,5,7,10,15H,2,4,6,8-9H2,1H3. The molecule has 0 saturated carbocycles. The van der Waals surface area contributed by atoms with E-state index in [2.05, 4.69) is 15.5 Å². The van der Waals surface area contributed by atoms with Crippen LogP contribution in [0.3, 0.4) is 0 Å². The van der Waals surface area contributed by atoms with Crippen molar-refractivity contribution in [2.24, 2.45) is 0 Å². The molecule has 0 fully saturated rings. The van der Waals surface area contributed by atoms with E-state index in [0.717, 1.165) is 13.0 Å². The van der Waals surface area contributed by atoms with E-state index in [1.165, 1.54) is 4.68 Å². The lowest BCUT2D eigenvalue weighted by molar-refractivity contribution is 0.182. The lowest BCUT2D eigenvalue weighted by Crippen LogP contribution is -2.26. The Morgan fingerprint density at radius 3 is 2.95 bits per heavy atom. The average Bonchev–Trinajstić information content (AvgIpc) is 3.00. The molecule has 0 atom stereocenters. The zero-order valence-electron chi connectivity index (χ0n) is 11.8. The van der Waals surface area contributed by atoms with Crippen LogP contribution in [0.5, 0.6) is 0 Å². The van der Waals surface area contributed by atoms with E-state index in [-0.39, 0.29) is 10.6 Å². The predicted molar refractivity (Wildman–Crippen MR) is 80.7 cm³/mol. The molecule has 0 aromatic carbocycles. The summed E-state index contributed by atoms with van der Waals surface area (Å²) in [5.74, 6) is 0. The van der Waals surface area contributed by atoms with Crippen molar-refractivity contribution in [2.75, 3.05) is 25.6 Å². The molecule has 0 unspecified atom stereocenters. The third-order valence-corrected chi connectivity index (χ3v) is 3.30. The van der Waals surface area contributed by atoms with Crippen LogP contribution in [-0.4, -0.2) is 39.8 Å². The first-order valence-electron chi connectivity index (χ1n) is 6.68. The van der Waals surface area contributed by atoms with Crippen LogP contribution < -0.4 is 10.9 Å². The summed E-state index contributed by atoms with van der Waals surface area (Å²) in [4.78, 5) is 12.0. The second kappa shape index (κ2) is 7.80. The SMILES string of the molecule is COCCn1ncc(NCCCn2cccn2)c(Cl)c1=O. The highest BCUT2D eigenvalue weighted by Gasteiger charge is 2.08. The normalized spacial score (nSPS) is 10.8. The Morgan fingerprint density at radius 2 is 2.24 bits per heavy atom. The number of aromatic nitrogens is 4. The van der Waals surface area contributed by atoms with Crippen molar-refractivity contribution < 1.29 is 4.74 Å². The summed E-state index contributed by atoms with van der Waals surface area (Å²) in [6, 6.07) is 1.88. The van der Waals surface area contributed by atoms with Crippen molar-refractivity contribution >= 4 is 17.3 Å². The quantitative estimate of drug-likeness (QED) is 0.743. The number of nitrogens with one attached hydrogen (secondary N) is 1. The lowest BCUT2D eigenvalue weighted by Gasteiger charge is -2.10. The van der Waals surface area contributed by atoms with Crippen molar-refractivity contribution in [2.45, 2.75) is 19.5 Å². The average molecular weight is 312 g/mol. The Morgan fingerprint density at radius 1 is 1.38 bits per heavy atom. The van der Waals surface area contributed by atoms with Crippen molar-refractivity contribution in [3.63, 3.8) is 0 Å². The van der Waals surface area contributed by atoms with Gasteiger partial charge in [-0.1, -0.05) is 11.6 Å². The molecular formula is C13H18ClN5O2. The van der Waals surface area contributed by atoms with Crippen molar-refractivity contribution in [1.82, 2.24) is 19.6 Å². The number of aryl methyl sites for hydroxylation is 1. The Bertz CT molecular complexity index is 612. The number of anilines is 1. The molecule has 8 heteroatoms. The van der Waals surface area contributed by atoms with Crippen molar-refractivity contribution in [3.8, 4) is 0 Å². The van der Waals surface area contributed by atoms with Gasteiger partial charge in [-0.15, -0.1) is 0 Å². The number of ether oxygens (including phenoxy) is 1. The zero-order valence-corrected chi connectivity index (χ0v) is 12.6. The summed E-state index contributed by atoms with van der Waals surface area (Å²) >= 11 is 6.06. The molecule has 0 radical (unpaired) electrons. The maximum atomic E-state index is 12.0. The van der Waals surface area contributed by atoms with E-state index < -0.39 is 0 Å². The topological polar surface area (TPSA) is 74.0 Å². The molecule has 2 heterocycles. The number of hydrogen-bond donors (Lipinski definition) is 1. The minimum absolute atomic E-state index is 0.153. The second-order valence-corrected chi connectivity index (χ2v) is 4.82. The molecule has 2 rings (SSSR count). The highest BCUT2D eigenvalue weighted by Crippen LogP contribution is 2.14. The Hall–Kier alpha value is -1.86. The maximum absolute atomic E-state index is 12.0. The number of halogens is 1. The van der Waals surface area contributed by atoms with Crippen molar-refractivity contribution in [1.29, 1.82) is 0 Å². The zero-order chi connectivity index (χ0) is 15.1.